The molecule has 1 aromatic rings. The highest BCUT2D eigenvalue weighted by Crippen LogP contribution is 2.16. The third kappa shape index (κ3) is 3.34. The van der Waals surface area contributed by atoms with Gasteiger partial charge in [-0.2, -0.15) is 0 Å². The second-order valence-corrected chi connectivity index (χ2v) is 4.19. The van der Waals surface area contributed by atoms with Gasteiger partial charge in [-0.15, -0.1) is 0 Å². The fourth-order valence-corrected chi connectivity index (χ4v) is 1.78. The van der Waals surface area contributed by atoms with E-state index in [0.717, 1.165) is 11.0 Å². The Morgan fingerprint density at radius 2 is 2.05 bits per heavy atom. The molecule has 6 heteroatoms. The van der Waals surface area contributed by atoms with Gasteiger partial charge >= 0.3 is 0 Å². The van der Waals surface area contributed by atoms with Crippen LogP contribution in [0.3, 0.4) is 0 Å². The van der Waals surface area contributed by atoms with E-state index in [9.17, 15) is 23.6 Å². The predicted octanol–water partition coefficient (Wildman–Crippen LogP) is 1.26. The largest absolute Gasteiger partial charge is 0.332 e. The van der Waals surface area contributed by atoms with Gasteiger partial charge in [-0.1, -0.05) is 12.1 Å². The molecule has 1 aromatic carbocycles. The van der Waals surface area contributed by atoms with Crippen molar-refractivity contribution in [3.63, 3.8) is 0 Å². The van der Waals surface area contributed by atoms with E-state index in [2.05, 4.69) is 0 Å². The van der Waals surface area contributed by atoms with E-state index in [-0.39, 0.29) is 24.0 Å². The number of hydrogen-bond donors (Lipinski definition) is 0. The quantitative estimate of drug-likeness (QED) is 0.704. The Balaban J connectivity index is 3.07. The minimum atomic E-state index is -0.841. The molecule has 0 spiro atoms. The average Bonchev–Trinajstić information content (AvgIpc) is 2.46. The normalized spacial score (nSPS) is 11.5. The number of rotatable bonds is 7. The summed E-state index contributed by atoms with van der Waals surface area (Å²) in [5, 5.41) is 0. The number of aldehydes is 3. The summed E-state index contributed by atoms with van der Waals surface area (Å²) in [7, 11) is 1.33. The number of hydrogen-bond acceptors (Lipinski definition) is 4. The van der Waals surface area contributed by atoms with Crippen LogP contribution in [0.25, 0.3) is 0 Å². The molecule has 106 valence electrons. The minimum Gasteiger partial charge on any atom is -0.332 e. The first kappa shape index (κ1) is 15.7. The first-order chi connectivity index (χ1) is 9.56. The molecule has 20 heavy (non-hydrogen) atoms. The molecule has 0 radical (unpaired) electrons. The molecule has 0 aromatic heterocycles. The maximum Gasteiger partial charge on any atom is 0.257 e. The van der Waals surface area contributed by atoms with Gasteiger partial charge in [0, 0.05) is 19.0 Å². The molecule has 0 aliphatic heterocycles. The number of benzene rings is 1. The van der Waals surface area contributed by atoms with Crippen molar-refractivity contribution in [1.82, 2.24) is 4.90 Å². The van der Waals surface area contributed by atoms with Crippen LogP contribution in [-0.4, -0.2) is 42.8 Å². The first-order valence-corrected chi connectivity index (χ1v) is 5.96. The van der Waals surface area contributed by atoms with Crippen LogP contribution in [0.15, 0.2) is 18.2 Å². The molecule has 0 aliphatic carbocycles. The molecule has 0 saturated heterocycles. The van der Waals surface area contributed by atoms with Crippen LogP contribution in [0, 0.1) is 5.82 Å². The Bertz CT molecular complexity index is 530. The van der Waals surface area contributed by atoms with Gasteiger partial charge in [0.15, 0.2) is 6.29 Å². The van der Waals surface area contributed by atoms with Crippen LogP contribution in [0.1, 0.15) is 33.6 Å². The van der Waals surface area contributed by atoms with Crippen LogP contribution >= 0.6 is 0 Å². The van der Waals surface area contributed by atoms with Gasteiger partial charge in [0.2, 0.25) is 0 Å². The zero-order valence-corrected chi connectivity index (χ0v) is 10.9. The van der Waals surface area contributed by atoms with E-state index >= 15 is 0 Å². The fraction of sp³-hybridized carbons (Fsp3) is 0.286. The van der Waals surface area contributed by atoms with E-state index in [1.165, 1.54) is 19.2 Å². The van der Waals surface area contributed by atoms with Gasteiger partial charge in [-0.25, -0.2) is 4.39 Å². The monoisotopic (exact) mass is 279 g/mol. The van der Waals surface area contributed by atoms with Crippen LogP contribution in [-0.2, 0) is 9.59 Å². The number of likely N-dealkylation sites (N-methyl/N-ethyl adjacent to an activating group) is 1. The van der Waals surface area contributed by atoms with Gasteiger partial charge in [-0.3, -0.25) is 9.59 Å². The van der Waals surface area contributed by atoms with E-state index < -0.39 is 17.8 Å². The summed E-state index contributed by atoms with van der Waals surface area (Å²) in [4.78, 5) is 45.4. The van der Waals surface area contributed by atoms with E-state index in [0.29, 0.717) is 18.9 Å². The lowest BCUT2D eigenvalue weighted by Crippen LogP contribution is -2.39. The Morgan fingerprint density at radius 3 is 2.60 bits per heavy atom. The van der Waals surface area contributed by atoms with Crippen molar-refractivity contribution in [2.75, 3.05) is 7.05 Å². The molecular weight excluding hydrogens is 265 g/mol. The van der Waals surface area contributed by atoms with Crippen LogP contribution in [0.2, 0.25) is 0 Å². The second-order valence-electron chi connectivity index (χ2n) is 4.19. The SMILES string of the molecule is CN(C(=O)c1c(F)cccc1C=O)C(C=O)CCC=O. The number of halogens is 1. The lowest BCUT2D eigenvalue weighted by molar-refractivity contribution is -0.112. The Labute approximate surface area is 115 Å². The average molecular weight is 279 g/mol. The number of carbonyl (C=O) groups is 4. The molecule has 0 fully saturated rings. The standard InChI is InChI=1S/C14H14FNO4/c1-16(11(9-19)5-3-7-17)14(20)13-10(8-18)4-2-6-12(13)15/h2,4,6-9,11H,3,5H2,1H3. The zero-order valence-electron chi connectivity index (χ0n) is 10.9. The Morgan fingerprint density at radius 1 is 1.35 bits per heavy atom. The molecule has 0 heterocycles. The maximum atomic E-state index is 13.7. The molecule has 1 rings (SSSR count). The summed E-state index contributed by atoms with van der Waals surface area (Å²) in [5.74, 6) is -1.60. The highest BCUT2D eigenvalue weighted by atomic mass is 19.1. The highest BCUT2D eigenvalue weighted by molar-refractivity contribution is 6.02. The van der Waals surface area contributed by atoms with Crippen LogP contribution in [0.4, 0.5) is 4.39 Å². The van der Waals surface area contributed by atoms with Crippen molar-refractivity contribution in [1.29, 1.82) is 0 Å². The molecule has 0 N–H and O–H groups in total. The smallest absolute Gasteiger partial charge is 0.257 e. The Kier molecular flexibility index (Phi) is 5.71. The van der Waals surface area contributed by atoms with E-state index in [1.807, 2.05) is 0 Å². The lowest BCUT2D eigenvalue weighted by atomic mass is 10.0. The van der Waals surface area contributed by atoms with Crippen molar-refractivity contribution in [2.24, 2.45) is 0 Å². The van der Waals surface area contributed by atoms with Crippen molar-refractivity contribution in [3.05, 3.63) is 35.1 Å². The molecule has 5 nitrogen and oxygen atoms in total. The summed E-state index contributed by atoms with van der Waals surface area (Å²) in [6.45, 7) is 0. The van der Waals surface area contributed by atoms with Crippen LogP contribution < -0.4 is 0 Å². The third-order valence-corrected chi connectivity index (χ3v) is 2.94. The topological polar surface area (TPSA) is 71.5 Å². The summed E-state index contributed by atoms with van der Waals surface area (Å²) in [6.07, 6.45) is 1.79. The molecule has 1 atom stereocenters. The van der Waals surface area contributed by atoms with Gasteiger partial charge in [0.25, 0.3) is 5.91 Å². The number of carbonyl (C=O) groups excluding carboxylic acids is 4. The molecule has 0 aliphatic rings. The molecule has 0 bridgehead atoms. The summed E-state index contributed by atoms with van der Waals surface area (Å²) >= 11 is 0. The van der Waals surface area contributed by atoms with Gasteiger partial charge < -0.3 is 14.5 Å². The number of nitrogens with zero attached hydrogens (tertiary/aromatic N) is 1. The van der Waals surface area contributed by atoms with Gasteiger partial charge in [0.1, 0.15) is 18.4 Å². The molecular formula is C14H14FNO4. The van der Waals surface area contributed by atoms with Crippen LogP contribution in [0.5, 0.6) is 0 Å². The highest BCUT2D eigenvalue weighted by Gasteiger charge is 2.25. The molecule has 0 saturated carbocycles. The molecule has 1 amide bonds. The minimum absolute atomic E-state index is 0.0816. The van der Waals surface area contributed by atoms with Gasteiger partial charge in [0.05, 0.1) is 11.6 Å². The predicted molar refractivity (Wildman–Crippen MR) is 69.0 cm³/mol. The second kappa shape index (κ2) is 7.28. The lowest BCUT2D eigenvalue weighted by Gasteiger charge is -2.24. The summed E-state index contributed by atoms with van der Waals surface area (Å²) in [6, 6.07) is 2.86. The van der Waals surface area contributed by atoms with Crippen molar-refractivity contribution in [2.45, 2.75) is 18.9 Å². The zero-order chi connectivity index (χ0) is 15.1. The molecule has 1 unspecified atom stereocenters. The van der Waals surface area contributed by atoms with Crippen molar-refractivity contribution < 1.29 is 23.6 Å². The van der Waals surface area contributed by atoms with Gasteiger partial charge in [-0.05, 0) is 12.5 Å². The van der Waals surface area contributed by atoms with E-state index in [4.69, 9.17) is 0 Å². The van der Waals surface area contributed by atoms with Crippen molar-refractivity contribution in [3.8, 4) is 0 Å². The number of amides is 1. The fourth-order valence-electron chi connectivity index (χ4n) is 1.78. The van der Waals surface area contributed by atoms with E-state index in [1.54, 1.807) is 0 Å². The summed E-state index contributed by atoms with van der Waals surface area (Å²) < 4.78 is 13.7. The van der Waals surface area contributed by atoms with Crippen molar-refractivity contribution >= 4 is 24.8 Å². The Hall–Kier alpha value is -2.37. The first-order valence-electron chi connectivity index (χ1n) is 5.96. The maximum absolute atomic E-state index is 13.7. The third-order valence-electron chi connectivity index (χ3n) is 2.94. The summed E-state index contributed by atoms with van der Waals surface area (Å²) in [5.41, 5.74) is -0.454.